The summed E-state index contributed by atoms with van der Waals surface area (Å²) in [6, 6.07) is 0. The summed E-state index contributed by atoms with van der Waals surface area (Å²) >= 11 is 0. The minimum absolute atomic E-state index is 0.0972. The van der Waals surface area contributed by atoms with Gasteiger partial charge in [-0.05, 0) is 0 Å². The minimum atomic E-state index is -0.231. The van der Waals surface area contributed by atoms with Gasteiger partial charge in [-0.25, -0.2) is 0 Å². The van der Waals surface area contributed by atoms with Crippen LogP contribution in [0.3, 0.4) is 0 Å². The fourth-order valence-corrected chi connectivity index (χ4v) is 0.925. The average molecular weight is 142 g/mol. The fraction of sp³-hybridized carbons (Fsp3) is 0.875. The molecule has 1 heterocycles. The van der Waals surface area contributed by atoms with Gasteiger partial charge in [0.2, 0.25) is 0 Å². The maximum Gasteiger partial charge on any atom is 0.166 e. The third-order valence-electron chi connectivity index (χ3n) is 1.73. The molecule has 1 saturated heterocycles. The Morgan fingerprint density at radius 1 is 1.50 bits per heavy atom. The first-order valence-corrected chi connectivity index (χ1v) is 3.68. The second-order valence-corrected chi connectivity index (χ2v) is 3.76. The van der Waals surface area contributed by atoms with E-state index in [1.54, 1.807) is 0 Å². The maximum atomic E-state index is 11.3. The summed E-state index contributed by atoms with van der Waals surface area (Å²) in [5.41, 5.74) is -0.231. The van der Waals surface area contributed by atoms with E-state index in [0.717, 1.165) is 13.0 Å². The van der Waals surface area contributed by atoms with Crippen LogP contribution in [0.4, 0.5) is 0 Å². The molecule has 0 amide bonds. The molecule has 1 fully saturated rings. The van der Waals surface area contributed by atoms with Crippen LogP contribution in [0.15, 0.2) is 0 Å². The first-order valence-electron chi connectivity index (χ1n) is 3.68. The van der Waals surface area contributed by atoms with Crippen molar-refractivity contribution >= 4 is 5.78 Å². The molecule has 0 aliphatic carbocycles. The lowest BCUT2D eigenvalue weighted by molar-refractivity contribution is -0.150. The van der Waals surface area contributed by atoms with Crippen molar-refractivity contribution in [3.05, 3.63) is 0 Å². The number of carbonyl (C=O) groups is 1. The summed E-state index contributed by atoms with van der Waals surface area (Å²) in [5, 5.41) is 0. The standard InChI is InChI=1S/C8H14O2/c1-8(2,3)7(9)6-4-5-10-6/h6H,4-5H2,1-3H3. The molecule has 0 aromatic heterocycles. The van der Waals surface area contributed by atoms with E-state index in [1.807, 2.05) is 20.8 Å². The van der Waals surface area contributed by atoms with Gasteiger partial charge in [0.25, 0.3) is 0 Å². The summed E-state index contributed by atoms with van der Waals surface area (Å²) in [5.74, 6) is 0.235. The van der Waals surface area contributed by atoms with E-state index in [9.17, 15) is 4.79 Å². The summed E-state index contributed by atoms with van der Waals surface area (Å²) < 4.78 is 5.07. The van der Waals surface area contributed by atoms with E-state index in [2.05, 4.69) is 0 Å². The number of hydrogen-bond acceptors (Lipinski definition) is 2. The average Bonchev–Trinajstić information content (AvgIpc) is 1.57. The van der Waals surface area contributed by atoms with Crippen LogP contribution in [0, 0.1) is 5.41 Å². The molecule has 0 bridgehead atoms. The van der Waals surface area contributed by atoms with Gasteiger partial charge >= 0.3 is 0 Å². The molecular weight excluding hydrogens is 128 g/mol. The molecule has 0 radical (unpaired) electrons. The Morgan fingerprint density at radius 2 is 2.00 bits per heavy atom. The fourth-order valence-electron chi connectivity index (χ4n) is 0.925. The van der Waals surface area contributed by atoms with Crippen LogP contribution in [0.25, 0.3) is 0 Å². The quantitative estimate of drug-likeness (QED) is 0.553. The lowest BCUT2D eigenvalue weighted by Crippen LogP contribution is -2.41. The van der Waals surface area contributed by atoms with Gasteiger partial charge in [0, 0.05) is 11.8 Å². The summed E-state index contributed by atoms with van der Waals surface area (Å²) in [6.45, 7) is 6.54. The van der Waals surface area contributed by atoms with Gasteiger partial charge in [-0.15, -0.1) is 0 Å². The van der Waals surface area contributed by atoms with Crippen LogP contribution in [0.5, 0.6) is 0 Å². The van der Waals surface area contributed by atoms with Crippen LogP contribution >= 0.6 is 0 Å². The van der Waals surface area contributed by atoms with E-state index >= 15 is 0 Å². The predicted molar refractivity (Wildman–Crippen MR) is 38.8 cm³/mol. The molecule has 1 atom stereocenters. The lowest BCUT2D eigenvalue weighted by Gasteiger charge is -2.30. The van der Waals surface area contributed by atoms with Crippen LogP contribution in [-0.2, 0) is 9.53 Å². The molecule has 1 aliphatic heterocycles. The predicted octanol–water partition coefficient (Wildman–Crippen LogP) is 1.39. The number of carbonyl (C=O) groups excluding carboxylic acids is 1. The highest BCUT2D eigenvalue weighted by molar-refractivity contribution is 5.88. The zero-order valence-electron chi connectivity index (χ0n) is 6.81. The molecule has 2 nitrogen and oxygen atoms in total. The van der Waals surface area contributed by atoms with Crippen LogP contribution < -0.4 is 0 Å². The zero-order chi connectivity index (χ0) is 7.78. The Morgan fingerprint density at radius 3 is 2.10 bits per heavy atom. The second kappa shape index (κ2) is 2.35. The van der Waals surface area contributed by atoms with Gasteiger partial charge in [0.15, 0.2) is 5.78 Å². The first kappa shape index (κ1) is 7.73. The third-order valence-corrected chi connectivity index (χ3v) is 1.73. The monoisotopic (exact) mass is 142 g/mol. The van der Waals surface area contributed by atoms with E-state index in [4.69, 9.17) is 4.74 Å². The Bertz CT molecular complexity index is 140. The molecule has 0 N–H and O–H groups in total. The topological polar surface area (TPSA) is 26.3 Å². The molecule has 2 heteroatoms. The van der Waals surface area contributed by atoms with Crippen molar-refractivity contribution in [1.29, 1.82) is 0 Å². The van der Waals surface area contributed by atoms with Gasteiger partial charge in [-0.2, -0.15) is 0 Å². The van der Waals surface area contributed by atoms with Crippen molar-refractivity contribution in [2.75, 3.05) is 6.61 Å². The van der Waals surface area contributed by atoms with Crippen LogP contribution in [0.2, 0.25) is 0 Å². The Hall–Kier alpha value is -0.370. The minimum Gasteiger partial charge on any atom is -0.370 e. The molecule has 1 rings (SSSR count). The van der Waals surface area contributed by atoms with Gasteiger partial charge in [0.1, 0.15) is 6.10 Å². The van der Waals surface area contributed by atoms with Crippen molar-refractivity contribution < 1.29 is 9.53 Å². The summed E-state index contributed by atoms with van der Waals surface area (Å²) in [7, 11) is 0. The molecule has 0 saturated carbocycles. The third kappa shape index (κ3) is 1.37. The van der Waals surface area contributed by atoms with E-state index in [-0.39, 0.29) is 17.3 Å². The number of ether oxygens (including phenoxy) is 1. The van der Waals surface area contributed by atoms with Crippen LogP contribution in [-0.4, -0.2) is 18.5 Å². The molecule has 0 spiro atoms. The van der Waals surface area contributed by atoms with E-state index < -0.39 is 0 Å². The largest absolute Gasteiger partial charge is 0.370 e. The zero-order valence-corrected chi connectivity index (χ0v) is 6.81. The van der Waals surface area contributed by atoms with Gasteiger partial charge in [-0.1, -0.05) is 20.8 Å². The SMILES string of the molecule is CC(C)(C)C(=O)C1CCO1. The highest BCUT2D eigenvalue weighted by Gasteiger charge is 2.34. The van der Waals surface area contributed by atoms with E-state index in [0.29, 0.717) is 0 Å². The number of hydrogen-bond donors (Lipinski definition) is 0. The van der Waals surface area contributed by atoms with Gasteiger partial charge in [-0.3, -0.25) is 4.79 Å². The maximum absolute atomic E-state index is 11.3. The molecule has 10 heavy (non-hydrogen) atoms. The molecule has 1 aliphatic rings. The smallest absolute Gasteiger partial charge is 0.166 e. The van der Waals surface area contributed by atoms with Crippen molar-refractivity contribution in [2.45, 2.75) is 33.3 Å². The second-order valence-electron chi connectivity index (χ2n) is 3.76. The van der Waals surface area contributed by atoms with Crippen molar-refractivity contribution in [3.8, 4) is 0 Å². The van der Waals surface area contributed by atoms with Gasteiger partial charge < -0.3 is 4.74 Å². The van der Waals surface area contributed by atoms with Crippen molar-refractivity contribution in [1.82, 2.24) is 0 Å². The van der Waals surface area contributed by atoms with Crippen molar-refractivity contribution in [3.63, 3.8) is 0 Å². The highest BCUT2D eigenvalue weighted by atomic mass is 16.5. The molecule has 0 aromatic rings. The first-order chi connectivity index (χ1) is 4.52. The molecular formula is C8H14O2. The molecule has 1 unspecified atom stereocenters. The Balaban J connectivity index is 2.48. The number of ketones is 1. The summed E-state index contributed by atoms with van der Waals surface area (Å²) in [6.07, 6.45) is 0.816. The number of rotatable bonds is 1. The molecule has 58 valence electrons. The highest BCUT2D eigenvalue weighted by Crippen LogP contribution is 2.23. The van der Waals surface area contributed by atoms with Crippen LogP contribution in [0.1, 0.15) is 27.2 Å². The Labute approximate surface area is 61.6 Å². The Kier molecular flexibility index (Phi) is 1.82. The lowest BCUT2D eigenvalue weighted by atomic mass is 9.85. The van der Waals surface area contributed by atoms with Gasteiger partial charge in [0.05, 0.1) is 6.61 Å². The normalized spacial score (nSPS) is 25.7. The number of Topliss-reactive ketones (excluding diaryl/α,β-unsaturated/α-hetero) is 1. The van der Waals surface area contributed by atoms with E-state index in [1.165, 1.54) is 0 Å². The molecule has 0 aromatic carbocycles. The summed E-state index contributed by atoms with van der Waals surface area (Å²) in [4.78, 5) is 11.3. The van der Waals surface area contributed by atoms with Crippen molar-refractivity contribution in [2.24, 2.45) is 5.41 Å².